The van der Waals surface area contributed by atoms with E-state index in [1.165, 1.54) is 25.8 Å². The number of allylic oxidation sites excluding steroid dienone is 2. The fourth-order valence-corrected chi connectivity index (χ4v) is 3.39. The maximum Gasteiger partial charge on any atom is 0.0288 e. The van der Waals surface area contributed by atoms with Crippen LogP contribution in [0.2, 0.25) is 0 Å². The summed E-state index contributed by atoms with van der Waals surface area (Å²) in [5, 5.41) is 0. The molecule has 1 heterocycles. The first-order valence-corrected chi connectivity index (χ1v) is 5.98. The lowest BCUT2D eigenvalue weighted by Crippen LogP contribution is -2.40. The van der Waals surface area contributed by atoms with Gasteiger partial charge in [-0.1, -0.05) is 19.1 Å². The first-order chi connectivity index (χ1) is 6.83. The van der Waals surface area contributed by atoms with Crippen LogP contribution in [-0.4, -0.2) is 23.5 Å². The van der Waals surface area contributed by atoms with E-state index in [4.69, 9.17) is 0 Å². The Morgan fingerprint density at radius 1 is 1.50 bits per heavy atom. The molecule has 2 aliphatic carbocycles. The highest BCUT2D eigenvalue weighted by molar-refractivity contribution is 5.42. The van der Waals surface area contributed by atoms with Gasteiger partial charge in [0.25, 0.3) is 0 Å². The van der Waals surface area contributed by atoms with Crippen LogP contribution in [0.4, 0.5) is 0 Å². The molecular formula is C13H19N. The fraction of sp³-hybridized carbons (Fsp3) is 0.692. The third-order valence-corrected chi connectivity index (χ3v) is 4.20. The van der Waals surface area contributed by atoms with Crippen LogP contribution >= 0.6 is 0 Å². The smallest absolute Gasteiger partial charge is 0.0288 e. The first kappa shape index (κ1) is 8.72. The van der Waals surface area contributed by atoms with Gasteiger partial charge in [-0.3, -0.25) is 4.90 Å². The molecule has 0 aromatic rings. The van der Waals surface area contributed by atoms with E-state index in [-0.39, 0.29) is 0 Å². The lowest BCUT2D eigenvalue weighted by atomic mass is 9.86. The SMILES string of the molecule is CCN1C(C)C2=C(C=CCC2)C2CC21. The van der Waals surface area contributed by atoms with Crippen molar-refractivity contribution in [2.75, 3.05) is 6.54 Å². The monoisotopic (exact) mass is 189 g/mol. The molecule has 0 aromatic carbocycles. The summed E-state index contributed by atoms with van der Waals surface area (Å²) in [6.45, 7) is 5.92. The van der Waals surface area contributed by atoms with Crippen molar-refractivity contribution in [2.45, 2.75) is 45.2 Å². The molecule has 3 rings (SSSR count). The van der Waals surface area contributed by atoms with Gasteiger partial charge in [0, 0.05) is 18.0 Å². The van der Waals surface area contributed by atoms with Crippen molar-refractivity contribution < 1.29 is 0 Å². The van der Waals surface area contributed by atoms with E-state index in [9.17, 15) is 0 Å². The summed E-state index contributed by atoms with van der Waals surface area (Å²) >= 11 is 0. The second kappa shape index (κ2) is 2.96. The lowest BCUT2D eigenvalue weighted by Gasteiger charge is -2.36. The zero-order chi connectivity index (χ0) is 9.71. The largest absolute Gasteiger partial charge is 0.294 e. The van der Waals surface area contributed by atoms with Crippen molar-refractivity contribution in [3.8, 4) is 0 Å². The number of nitrogens with zero attached hydrogens (tertiary/aromatic N) is 1. The standard InChI is InChI=1S/C13H19N/c1-3-14-9(2)10-6-4-5-7-11(10)12-8-13(12)14/h5,7,9,12-13H,3-4,6,8H2,1-2H3. The molecule has 1 saturated carbocycles. The molecular weight excluding hydrogens is 170 g/mol. The van der Waals surface area contributed by atoms with Crippen molar-refractivity contribution in [3.63, 3.8) is 0 Å². The Bertz CT molecular complexity index is 313. The number of hydrogen-bond donors (Lipinski definition) is 0. The van der Waals surface area contributed by atoms with Crippen molar-refractivity contribution in [2.24, 2.45) is 5.92 Å². The molecule has 3 atom stereocenters. The second-order valence-electron chi connectivity index (χ2n) is 4.84. The van der Waals surface area contributed by atoms with Gasteiger partial charge in [0.2, 0.25) is 0 Å². The Kier molecular flexibility index (Phi) is 1.85. The predicted octanol–water partition coefficient (Wildman–Crippen LogP) is 2.75. The molecule has 14 heavy (non-hydrogen) atoms. The Labute approximate surface area is 86.5 Å². The Hall–Kier alpha value is -0.560. The summed E-state index contributed by atoms with van der Waals surface area (Å²) < 4.78 is 0. The summed E-state index contributed by atoms with van der Waals surface area (Å²) in [4.78, 5) is 2.70. The van der Waals surface area contributed by atoms with E-state index in [0.29, 0.717) is 6.04 Å². The Morgan fingerprint density at radius 2 is 2.36 bits per heavy atom. The van der Waals surface area contributed by atoms with Gasteiger partial charge in [0.05, 0.1) is 0 Å². The van der Waals surface area contributed by atoms with Gasteiger partial charge in [0.15, 0.2) is 0 Å². The van der Waals surface area contributed by atoms with Crippen LogP contribution in [0.3, 0.4) is 0 Å². The Balaban J connectivity index is 1.99. The van der Waals surface area contributed by atoms with E-state index in [0.717, 1.165) is 12.0 Å². The molecule has 0 saturated heterocycles. The van der Waals surface area contributed by atoms with Crippen LogP contribution < -0.4 is 0 Å². The van der Waals surface area contributed by atoms with Gasteiger partial charge in [0.1, 0.15) is 0 Å². The molecule has 1 aliphatic heterocycles. The van der Waals surface area contributed by atoms with Gasteiger partial charge in [-0.25, -0.2) is 0 Å². The molecule has 1 heteroatoms. The zero-order valence-electron chi connectivity index (χ0n) is 9.16. The average molecular weight is 189 g/mol. The topological polar surface area (TPSA) is 3.24 Å². The molecule has 0 spiro atoms. The van der Waals surface area contributed by atoms with Crippen LogP contribution in [0.25, 0.3) is 0 Å². The van der Waals surface area contributed by atoms with Crippen molar-refractivity contribution >= 4 is 0 Å². The number of fused-ring (bicyclic) bond motifs is 2. The molecule has 0 aromatic heterocycles. The average Bonchev–Trinajstić information content (AvgIpc) is 2.99. The molecule has 1 nitrogen and oxygen atoms in total. The first-order valence-electron chi connectivity index (χ1n) is 5.98. The molecule has 0 N–H and O–H groups in total. The summed E-state index contributed by atoms with van der Waals surface area (Å²) in [7, 11) is 0. The summed E-state index contributed by atoms with van der Waals surface area (Å²) in [5.74, 6) is 0.901. The van der Waals surface area contributed by atoms with Gasteiger partial charge in [-0.05, 0) is 43.9 Å². The minimum atomic E-state index is 0.712. The highest BCUT2D eigenvalue weighted by Crippen LogP contribution is 2.50. The molecule has 1 fully saturated rings. The van der Waals surface area contributed by atoms with Crippen molar-refractivity contribution in [1.29, 1.82) is 0 Å². The van der Waals surface area contributed by atoms with E-state index in [2.05, 4.69) is 30.9 Å². The highest BCUT2D eigenvalue weighted by atomic mass is 15.2. The van der Waals surface area contributed by atoms with Crippen LogP contribution in [0, 0.1) is 5.92 Å². The van der Waals surface area contributed by atoms with Crippen LogP contribution in [-0.2, 0) is 0 Å². The minimum absolute atomic E-state index is 0.712. The number of likely N-dealkylation sites (N-methyl/N-ethyl adjacent to an activating group) is 1. The fourth-order valence-electron chi connectivity index (χ4n) is 3.39. The summed E-state index contributed by atoms with van der Waals surface area (Å²) in [5.41, 5.74) is 3.45. The van der Waals surface area contributed by atoms with Crippen molar-refractivity contribution in [1.82, 2.24) is 4.90 Å². The van der Waals surface area contributed by atoms with E-state index >= 15 is 0 Å². The van der Waals surface area contributed by atoms with Gasteiger partial charge >= 0.3 is 0 Å². The van der Waals surface area contributed by atoms with Crippen LogP contribution in [0.1, 0.15) is 33.1 Å². The van der Waals surface area contributed by atoms with Crippen molar-refractivity contribution in [3.05, 3.63) is 23.3 Å². The molecule has 0 amide bonds. The zero-order valence-corrected chi connectivity index (χ0v) is 9.16. The quantitative estimate of drug-likeness (QED) is 0.613. The second-order valence-corrected chi connectivity index (χ2v) is 4.84. The Morgan fingerprint density at radius 3 is 3.14 bits per heavy atom. The summed E-state index contributed by atoms with van der Waals surface area (Å²) in [6.07, 6.45) is 8.77. The third kappa shape index (κ3) is 1.05. The molecule has 0 radical (unpaired) electrons. The highest BCUT2D eigenvalue weighted by Gasteiger charge is 2.49. The molecule has 3 aliphatic rings. The minimum Gasteiger partial charge on any atom is -0.294 e. The number of hydrogen-bond acceptors (Lipinski definition) is 1. The molecule has 0 bridgehead atoms. The van der Waals surface area contributed by atoms with Gasteiger partial charge in [-0.2, -0.15) is 0 Å². The van der Waals surface area contributed by atoms with E-state index in [1.54, 1.807) is 11.1 Å². The van der Waals surface area contributed by atoms with Gasteiger partial charge in [-0.15, -0.1) is 0 Å². The number of rotatable bonds is 1. The molecule has 76 valence electrons. The molecule has 3 unspecified atom stereocenters. The van der Waals surface area contributed by atoms with Crippen LogP contribution in [0.5, 0.6) is 0 Å². The lowest BCUT2D eigenvalue weighted by molar-refractivity contribution is 0.212. The summed E-state index contributed by atoms with van der Waals surface area (Å²) in [6, 6.07) is 1.60. The van der Waals surface area contributed by atoms with Gasteiger partial charge < -0.3 is 0 Å². The maximum absolute atomic E-state index is 2.70. The van der Waals surface area contributed by atoms with Crippen LogP contribution in [0.15, 0.2) is 23.3 Å². The predicted molar refractivity (Wildman–Crippen MR) is 59.1 cm³/mol. The normalized spacial score (nSPS) is 40.9. The third-order valence-electron chi connectivity index (χ3n) is 4.20. The van der Waals surface area contributed by atoms with E-state index < -0.39 is 0 Å². The maximum atomic E-state index is 2.70. The van der Waals surface area contributed by atoms with E-state index in [1.807, 2.05) is 0 Å².